The second kappa shape index (κ2) is 5.95. The first kappa shape index (κ1) is 15.0. The molecule has 0 spiro atoms. The Morgan fingerprint density at radius 2 is 2.30 bits per heavy atom. The highest BCUT2D eigenvalue weighted by atomic mass is 32.1. The minimum absolute atomic E-state index is 0.00695. The molecule has 5 heteroatoms. The van der Waals surface area contributed by atoms with Gasteiger partial charge in [-0.25, -0.2) is 0 Å². The summed E-state index contributed by atoms with van der Waals surface area (Å²) >= 11 is 1.76. The maximum absolute atomic E-state index is 12.2. The molecule has 1 saturated heterocycles. The lowest BCUT2D eigenvalue weighted by Gasteiger charge is -2.15. The maximum Gasteiger partial charge on any atom is 0.225 e. The fourth-order valence-electron chi connectivity index (χ4n) is 2.55. The zero-order chi connectivity index (χ0) is 14.9. The van der Waals surface area contributed by atoms with Crippen molar-refractivity contribution in [1.29, 1.82) is 0 Å². The van der Waals surface area contributed by atoms with Gasteiger partial charge in [0.05, 0.1) is 12.0 Å². The van der Waals surface area contributed by atoms with E-state index in [1.54, 1.807) is 23.3 Å². The molecule has 0 aliphatic carbocycles. The quantitative estimate of drug-likeness (QED) is 0.926. The molecule has 2 atom stereocenters. The summed E-state index contributed by atoms with van der Waals surface area (Å²) in [5.41, 5.74) is 1.30. The van der Waals surface area contributed by atoms with E-state index in [1.807, 2.05) is 6.92 Å². The Morgan fingerprint density at radius 1 is 1.60 bits per heavy atom. The van der Waals surface area contributed by atoms with Gasteiger partial charge in [0.15, 0.2) is 0 Å². The van der Waals surface area contributed by atoms with Crippen LogP contribution < -0.4 is 5.32 Å². The fourth-order valence-corrected chi connectivity index (χ4v) is 3.67. The molecule has 1 aliphatic rings. The predicted octanol–water partition coefficient (Wildman–Crippen LogP) is 2.27. The summed E-state index contributed by atoms with van der Waals surface area (Å²) in [6.45, 7) is 6.79. The van der Waals surface area contributed by atoms with Crippen LogP contribution in [0, 0.1) is 12.8 Å². The smallest absolute Gasteiger partial charge is 0.225 e. The van der Waals surface area contributed by atoms with Gasteiger partial charge in [-0.15, -0.1) is 11.3 Å². The lowest BCUT2D eigenvalue weighted by Crippen LogP contribution is -2.33. The fraction of sp³-hybridized carbons (Fsp3) is 0.600. The topological polar surface area (TPSA) is 49.4 Å². The largest absolute Gasteiger partial charge is 0.348 e. The average Bonchev–Trinajstić information content (AvgIpc) is 2.93. The molecule has 1 aromatic heterocycles. The summed E-state index contributed by atoms with van der Waals surface area (Å²) in [6, 6.07) is 2.16. The molecule has 0 saturated carbocycles. The van der Waals surface area contributed by atoms with Crippen LogP contribution in [0.5, 0.6) is 0 Å². The van der Waals surface area contributed by atoms with Crippen LogP contribution >= 0.6 is 11.3 Å². The number of rotatable bonds is 4. The number of hydrogen-bond acceptors (Lipinski definition) is 3. The summed E-state index contributed by atoms with van der Waals surface area (Å²) in [5.74, 6) is -0.168. The van der Waals surface area contributed by atoms with Crippen LogP contribution in [-0.4, -0.2) is 30.3 Å². The van der Waals surface area contributed by atoms with E-state index >= 15 is 0 Å². The Morgan fingerprint density at radius 3 is 2.80 bits per heavy atom. The van der Waals surface area contributed by atoms with E-state index in [1.165, 1.54) is 15.3 Å². The third-order valence-electron chi connectivity index (χ3n) is 3.86. The van der Waals surface area contributed by atoms with Gasteiger partial charge in [0.1, 0.15) is 0 Å². The van der Waals surface area contributed by atoms with Gasteiger partial charge in [-0.3, -0.25) is 9.59 Å². The standard InChI is InChI=1S/C15H22N2O2S/c1-5-12-9(2)6-13(20-12)10(3)16-15(19)11-7-14(18)17(4)8-11/h6,10-11H,5,7-8H2,1-4H3,(H,16,19)/t10-,11+/m0/s1. The van der Waals surface area contributed by atoms with E-state index < -0.39 is 0 Å². The van der Waals surface area contributed by atoms with Gasteiger partial charge in [0.2, 0.25) is 11.8 Å². The molecule has 1 fully saturated rings. The van der Waals surface area contributed by atoms with E-state index in [4.69, 9.17) is 0 Å². The number of nitrogens with zero attached hydrogens (tertiary/aromatic N) is 1. The number of thiophene rings is 1. The van der Waals surface area contributed by atoms with Crippen LogP contribution in [0.1, 0.15) is 41.6 Å². The number of aryl methyl sites for hydroxylation is 2. The van der Waals surface area contributed by atoms with Gasteiger partial charge in [-0.2, -0.15) is 0 Å². The summed E-state index contributed by atoms with van der Waals surface area (Å²) in [6.07, 6.45) is 1.36. The first-order valence-electron chi connectivity index (χ1n) is 7.05. The van der Waals surface area contributed by atoms with Crippen molar-refractivity contribution in [3.8, 4) is 0 Å². The molecule has 1 aromatic rings. The molecule has 2 amide bonds. The lowest BCUT2D eigenvalue weighted by atomic mass is 10.1. The van der Waals surface area contributed by atoms with E-state index in [0.29, 0.717) is 13.0 Å². The zero-order valence-corrected chi connectivity index (χ0v) is 13.3. The van der Waals surface area contributed by atoms with E-state index in [-0.39, 0.29) is 23.8 Å². The van der Waals surface area contributed by atoms with Crippen molar-refractivity contribution >= 4 is 23.2 Å². The van der Waals surface area contributed by atoms with Crippen LogP contribution in [0.4, 0.5) is 0 Å². The number of nitrogens with one attached hydrogen (secondary N) is 1. The van der Waals surface area contributed by atoms with Crippen molar-refractivity contribution < 1.29 is 9.59 Å². The highest BCUT2D eigenvalue weighted by Crippen LogP contribution is 2.28. The van der Waals surface area contributed by atoms with E-state index in [9.17, 15) is 9.59 Å². The Kier molecular flexibility index (Phi) is 4.48. The first-order valence-corrected chi connectivity index (χ1v) is 7.87. The Hall–Kier alpha value is -1.36. The van der Waals surface area contributed by atoms with E-state index in [0.717, 1.165) is 6.42 Å². The van der Waals surface area contributed by atoms with Crippen LogP contribution in [0.15, 0.2) is 6.07 Å². The third kappa shape index (κ3) is 3.03. The number of hydrogen-bond donors (Lipinski definition) is 1. The predicted molar refractivity (Wildman–Crippen MR) is 80.7 cm³/mol. The van der Waals surface area contributed by atoms with Crippen LogP contribution in [0.3, 0.4) is 0 Å². The van der Waals surface area contributed by atoms with Crippen molar-refractivity contribution in [2.24, 2.45) is 5.92 Å². The minimum atomic E-state index is -0.207. The van der Waals surface area contributed by atoms with E-state index in [2.05, 4.69) is 25.2 Å². The molecule has 0 bridgehead atoms. The molecule has 0 radical (unpaired) electrons. The average molecular weight is 294 g/mol. The maximum atomic E-state index is 12.2. The molecule has 4 nitrogen and oxygen atoms in total. The third-order valence-corrected chi connectivity index (χ3v) is 5.42. The molecular weight excluding hydrogens is 272 g/mol. The number of amides is 2. The lowest BCUT2D eigenvalue weighted by molar-refractivity contribution is -0.128. The van der Waals surface area contributed by atoms with Crippen molar-refractivity contribution in [2.45, 2.75) is 39.7 Å². The summed E-state index contributed by atoms with van der Waals surface area (Å²) in [4.78, 5) is 27.9. The first-order chi connectivity index (χ1) is 9.42. The minimum Gasteiger partial charge on any atom is -0.348 e. The molecular formula is C15H22N2O2S. The van der Waals surface area contributed by atoms with Crippen molar-refractivity contribution in [2.75, 3.05) is 13.6 Å². The molecule has 20 heavy (non-hydrogen) atoms. The van der Waals surface area contributed by atoms with Gasteiger partial charge < -0.3 is 10.2 Å². The monoisotopic (exact) mass is 294 g/mol. The molecule has 1 N–H and O–H groups in total. The highest BCUT2D eigenvalue weighted by molar-refractivity contribution is 7.12. The number of carbonyl (C=O) groups is 2. The van der Waals surface area contributed by atoms with Gasteiger partial charge in [-0.05, 0) is 31.9 Å². The molecule has 1 aliphatic heterocycles. The van der Waals surface area contributed by atoms with Crippen molar-refractivity contribution in [1.82, 2.24) is 10.2 Å². The summed E-state index contributed by atoms with van der Waals surface area (Å²) in [5, 5.41) is 3.04. The molecule has 2 heterocycles. The number of likely N-dealkylation sites (tertiary alicyclic amines) is 1. The summed E-state index contributed by atoms with van der Waals surface area (Å²) in [7, 11) is 1.75. The number of carbonyl (C=O) groups excluding carboxylic acids is 2. The van der Waals surface area contributed by atoms with Crippen LogP contribution in [0.25, 0.3) is 0 Å². The Bertz CT molecular complexity index is 524. The Labute approximate surface area is 124 Å². The summed E-state index contributed by atoms with van der Waals surface area (Å²) < 4.78 is 0. The van der Waals surface area contributed by atoms with Crippen molar-refractivity contribution in [3.63, 3.8) is 0 Å². The second-order valence-corrected chi connectivity index (χ2v) is 6.68. The second-order valence-electron chi connectivity index (χ2n) is 5.51. The van der Waals surface area contributed by atoms with Gasteiger partial charge in [0.25, 0.3) is 0 Å². The van der Waals surface area contributed by atoms with Gasteiger partial charge >= 0.3 is 0 Å². The molecule has 110 valence electrons. The molecule has 0 aromatic carbocycles. The zero-order valence-electron chi connectivity index (χ0n) is 12.5. The van der Waals surface area contributed by atoms with Gasteiger partial charge in [0, 0.05) is 29.8 Å². The highest BCUT2D eigenvalue weighted by Gasteiger charge is 2.32. The molecule has 0 unspecified atom stereocenters. The Balaban J connectivity index is 1.98. The molecule has 2 rings (SSSR count). The van der Waals surface area contributed by atoms with Crippen LogP contribution in [0.2, 0.25) is 0 Å². The SMILES string of the molecule is CCc1sc([C@H](C)NC(=O)[C@@H]2CC(=O)N(C)C2)cc1C. The van der Waals surface area contributed by atoms with Crippen molar-refractivity contribution in [3.05, 3.63) is 21.4 Å². The van der Waals surface area contributed by atoms with Gasteiger partial charge in [-0.1, -0.05) is 6.92 Å². The normalized spacial score (nSPS) is 20.3. The van der Waals surface area contributed by atoms with Crippen LogP contribution in [-0.2, 0) is 16.0 Å².